The lowest BCUT2D eigenvalue weighted by molar-refractivity contribution is -0.131. The van der Waals surface area contributed by atoms with Gasteiger partial charge >= 0.3 is 0 Å². The Morgan fingerprint density at radius 3 is 2.96 bits per heavy atom. The molecule has 2 aliphatic heterocycles. The van der Waals surface area contributed by atoms with Crippen molar-refractivity contribution < 1.29 is 13.7 Å². The third-order valence-corrected chi connectivity index (χ3v) is 5.63. The number of pyridine rings is 1. The third kappa shape index (κ3) is 5.41. The first-order chi connectivity index (χ1) is 12.6. The lowest BCUT2D eigenvalue weighted by atomic mass is 10.1. The summed E-state index contributed by atoms with van der Waals surface area (Å²) in [5.74, 6) is 1.39. The van der Waals surface area contributed by atoms with Crippen molar-refractivity contribution in [2.24, 2.45) is 0 Å². The Hall–Kier alpha value is -1.67. The molecule has 8 heteroatoms. The monoisotopic (exact) mass is 380 g/mol. The van der Waals surface area contributed by atoms with Gasteiger partial charge in [-0.3, -0.25) is 9.00 Å². The Labute approximate surface area is 157 Å². The van der Waals surface area contributed by atoms with Crippen molar-refractivity contribution in [1.82, 2.24) is 9.88 Å². The zero-order valence-electron chi connectivity index (χ0n) is 15.4. The standard InChI is InChI=1S/C18H28N4O3S/c1-26(24)12-5-18(23)22-7-2-3-15(14-22)20-17-13-16(4-6-19-17)21-8-10-25-11-9-21/h4,6,13,15H,2-3,5,7-12,14H2,1H3,(H,19,20)/t15-,26?/m1/s1. The maximum Gasteiger partial charge on any atom is 0.223 e. The van der Waals surface area contributed by atoms with Gasteiger partial charge in [-0.2, -0.15) is 0 Å². The van der Waals surface area contributed by atoms with Crippen LogP contribution in [0.3, 0.4) is 0 Å². The van der Waals surface area contributed by atoms with E-state index in [9.17, 15) is 9.00 Å². The summed E-state index contributed by atoms with van der Waals surface area (Å²) in [6.07, 6.45) is 5.83. The van der Waals surface area contributed by atoms with Crippen LogP contribution in [0.1, 0.15) is 19.3 Å². The van der Waals surface area contributed by atoms with E-state index in [0.717, 1.165) is 57.2 Å². The highest BCUT2D eigenvalue weighted by Crippen LogP contribution is 2.21. The number of hydrogen-bond donors (Lipinski definition) is 1. The summed E-state index contributed by atoms with van der Waals surface area (Å²) in [6.45, 7) is 4.77. The molecule has 1 N–H and O–H groups in total. The number of nitrogens with one attached hydrogen (secondary N) is 1. The van der Waals surface area contributed by atoms with E-state index in [-0.39, 0.29) is 11.9 Å². The van der Waals surface area contributed by atoms with Gasteiger partial charge in [0.25, 0.3) is 0 Å². The van der Waals surface area contributed by atoms with Crippen LogP contribution in [0.2, 0.25) is 0 Å². The summed E-state index contributed by atoms with van der Waals surface area (Å²) in [5.41, 5.74) is 1.15. The number of ether oxygens (including phenoxy) is 1. The van der Waals surface area contributed by atoms with Crippen molar-refractivity contribution in [1.29, 1.82) is 0 Å². The second-order valence-electron chi connectivity index (χ2n) is 6.85. The molecule has 3 heterocycles. The highest BCUT2D eigenvalue weighted by molar-refractivity contribution is 7.84. The van der Waals surface area contributed by atoms with Gasteiger partial charge in [0.15, 0.2) is 0 Å². The van der Waals surface area contributed by atoms with Crippen molar-refractivity contribution in [3.05, 3.63) is 18.3 Å². The summed E-state index contributed by atoms with van der Waals surface area (Å²) in [6, 6.07) is 4.30. The highest BCUT2D eigenvalue weighted by Gasteiger charge is 2.24. The zero-order chi connectivity index (χ0) is 18.4. The van der Waals surface area contributed by atoms with E-state index in [1.165, 1.54) is 0 Å². The van der Waals surface area contributed by atoms with Crippen molar-refractivity contribution >= 4 is 28.2 Å². The summed E-state index contributed by atoms with van der Waals surface area (Å²) in [7, 11) is -0.923. The first-order valence-corrected chi connectivity index (χ1v) is 11.0. The summed E-state index contributed by atoms with van der Waals surface area (Å²) >= 11 is 0. The Morgan fingerprint density at radius 1 is 1.38 bits per heavy atom. The van der Waals surface area contributed by atoms with Crippen LogP contribution in [0, 0.1) is 0 Å². The number of amides is 1. The molecular formula is C18H28N4O3S. The SMILES string of the molecule is CS(=O)CCC(=O)N1CCC[C@@H](Nc2cc(N3CCOCC3)ccn2)C1. The van der Waals surface area contributed by atoms with E-state index in [4.69, 9.17) is 4.74 Å². The average molecular weight is 381 g/mol. The number of anilines is 2. The largest absolute Gasteiger partial charge is 0.378 e. The van der Waals surface area contributed by atoms with E-state index >= 15 is 0 Å². The fourth-order valence-electron chi connectivity index (χ4n) is 3.44. The van der Waals surface area contributed by atoms with Crippen molar-refractivity contribution in [3.8, 4) is 0 Å². The van der Waals surface area contributed by atoms with E-state index in [1.54, 1.807) is 6.26 Å². The van der Waals surface area contributed by atoms with Gasteiger partial charge in [0, 0.05) is 79.4 Å². The minimum Gasteiger partial charge on any atom is -0.378 e. The molecule has 2 atom stereocenters. The number of carbonyl (C=O) groups is 1. The van der Waals surface area contributed by atoms with Gasteiger partial charge in [-0.1, -0.05) is 0 Å². The molecule has 3 rings (SSSR count). The number of piperidine rings is 1. The van der Waals surface area contributed by atoms with Crippen LogP contribution >= 0.6 is 0 Å². The van der Waals surface area contributed by atoms with Gasteiger partial charge in [0.1, 0.15) is 5.82 Å². The average Bonchev–Trinajstić information content (AvgIpc) is 2.67. The molecule has 0 radical (unpaired) electrons. The molecular weight excluding hydrogens is 352 g/mol. The molecule has 0 bridgehead atoms. The molecule has 2 fully saturated rings. The van der Waals surface area contributed by atoms with E-state index in [0.29, 0.717) is 18.7 Å². The van der Waals surface area contributed by atoms with Crippen LogP contribution in [0.15, 0.2) is 18.3 Å². The quantitative estimate of drug-likeness (QED) is 0.796. The van der Waals surface area contributed by atoms with Gasteiger partial charge in [0.2, 0.25) is 5.91 Å². The number of carbonyl (C=O) groups excluding carboxylic acids is 1. The minimum absolute atomic E-state index is 0.0988. The summed E-state index contributed by atoms with van der Waals surface area (Å²) in [4.78, 5) is 20.9. The van der Waals surface area contributed by atoms with Gasteiger partial charge < -0.3 is 19.9 Å². The molecule has 2 saturated heterocycles. The highest BCUT2D eigenvalue weighted by atomic mass is 32.2. The fraction of sp³-hybridized carbons (Fsp3) is 0.667. The van der Waals surface area contributed by atoms with E-state index in [2.05, 4.69) is 21.3 Å². The molecule has 1 aromatic heterocycles. The van der Waals surface area contributed by atoms with Crippen LogP contribution in [-0.4, -0.2) is 77.4 Å². The summed E-state index contributed by atoms with van der Waals surface area (Å²) < 4.78 is 16.6. The van der Waals surface area contributed by atoms with Crippen LogP contribution in [0.25, 0.3) is 0 Å². The van der Waals surface area contributed by atoms with Crippen LogP contribution in [-0.2, 0) is 20.3 Å². The first-order valence-electron chi connectivity index (χ1n) is 9.25. The Morgan fingerprint density at radius 2 is 2.19 bits per heavy atom. The fourth-order valence-corrected chi connectivity index (χ4v) is 3.90. The van der Waals surface area contributed by atoms with Crippen LogP contribution in [0.4, 0.5) is 11.5 Å². The van der Waals surface area contributed by atoms with Crippen LogP contribution in [0.5, 0.6) is 0 Å². The molecule has 2 aliphatic rings. The molecule has 0 aromatic carbocycles. The minimum atomic E-state index is -0.923. The van der Waals surface area contributed by atoms with Crippen LogP contribution < -0.4 is 10.2 Å². The van der Waals surface area contributed by atoms with Crippen molar-refractivity contribution in [2.75, 3.05) is 61.6 Å². The third-order valence-electron chi connectivity index (χ3n) is 4.85. The predicted molar refractivity (Wildman–Crippen MR) is 104 cm³/mol. The second kappa shape index (κ2) is 9.32. The molecule has 1 amide bonds. The van der Waals surface area contributed by atoms with Gasteiger partial charge in [-0.05, 0) is 18.9 Å². The second-order valence-corrected chi connectivity index (χ2v) is 8.40. The number of likely N-dealkylation sites (tertiary alicyclic amines) is 1. The van der Waals surface area contributed by atoms with Gasteiger partial charge in [-0.25, -0.2) is 4.98 Å². The Balaban J connectivity index is 1.56. The topological polar surface area (TPSA) is 74.8 Å². The zero-order valence-corrected chi connectivity index (χ0v) is 16.2. The van der Waals surface area contributed by atoms with E-state index < -0.39 is 10.8 Å². The van der Waals surface area contributed by atoms with Crippen molar-refractivity contribution in [3.63, 3.8) is 0 Å². The van der Waals surface area contributed by atoms with Gasteiger partial charge in [0.05, 0.1) is 13.2 Å². The molecule has 0 aliphatic carbocycles. The van der Waals surface area contributed by atoms with E-state index in [1.807, 2.05) is 17.2 Å². The smallest absolute Gasteiger partial charge is 0.223 e. The maximum atomic E-state index is 12.3. The predicted octanol–water partition coefficient (Wildman–Crippen LogP) is 1.09. The summed E-state index contributed by atoms with van der Waals surface area (Å²) in [5, 5.41) is 3.49. The maximum absolute atomic E-state index is 12.3. The lowest BCUT2D eigenvalue weighted by Crippen LogP contribution is -2.45. The van der Waals surface area contributed by atoms with Crippen molar-refractivity contribution in [2.45, 2.75) is 25.3 Å². The molecule has 0 spiro atoms. The number of hydrogen-bond acceptors (Lipinski definition) is 6. The molecule has 1 unspecified atom stereocenters. The molecule has 26 heavy (non-hydrogen) atoms. The lowest BCUT2D eigenvalue weighted by Gasteiger charge is -2.34. The Kier molecular flexibility index (Phi) is 6.85. The molecule has 7 nitrogen and oxygen atoms in total. The first kappa shape index (κ1) is 19.1. The normalized spacial score (nSPS) is 22.1. The number of morpholine rings is 1. The molecule has 0 saturated carbocycles. The number of rotatable bonds is 6. The van der Waals surface area contributed by atoms with Gasteiger partial charge in [-0.15, -0.1) is 0 Å². The molecule has 144 valence electrons. The number of nitrogens with zero attached hydrogens (tertiary/aromatic N) is 3. The molecule has 1 aromatic rings. The number of aromatic nitrogens is 1. The Bertz CT molecular complexity index is 637.